The van der Waals surface area contributed by atoms with Crippen molar-refractivity contribution in [3.63, 3.8) is 0 Å². The van der Waals surface area contributed by atoms with Gasteiger partial charge in [0.15, 0.2) is 0 Å². The Kier molecular flexibility index (Phi) is 3.50. The monoisotopic (exact) mass is 368 g/mol. The highest BCUT2D eigenvalue weighted by molar-refractivity contribution is 7.96. The molecule has 0 radical (unpaired) electrons. The topological polar surface area (TPSA) is 70.0 Å². The van der Waals surface area contributed by atoms with Crippen LogP contribution in [0, 0.1) is 11.3 Å². The first-order chi connectivity index (χ1) is 11.9. The van der Waals surface area contributed by atoms with Crippen LogP contribution < -0.4 is 5.32 Å². The van der Waals surface area contributed by atoms with Crippen molar-refractivity contribution in [1.82, 2.24) is 5.32 Å². The number of dihydropyridines is 1. The van der Waals surface area contributed by atoms with Gasteiger partial charge in [-0.3, -0.25) is 0 Å². The maximum Gasteiger partial charge on any atom is 0.206 e. The minimum absolute atomic E-state index is 0.234. The second-order valence-electron chi connectivity index (χ2n) is 6.00. The lowest BCUT2D eigenvalue weighted by Crippen LogP contribution is -2.24. The van der Waals surface area contributed by atoms with E-state index in [2.05, 4.69) is 11.4 Å². The van der Waals surface area contributed by atoms with Gasteiger partial charge in [0.2, 0.25) is 9.84 Å². The Morgan fingerprint density at radius 3 is 2.48 bits per heavy atom. The Bertz CT molecular complexity index is 1110. The normalized spacial score (nSPS) is 20.6. The van der Waals surface area contributed by atoms with Gasteiger partial charge in [-0.1, -0.05) is 41.9 Å². The average Bonchev–Trinajstić information content (AvgIpc) is 2.82. The van der Waals surface area contributed by atoms with E-state index in [1.54, 1.807) is 49.4 Å². The quantitative estimate of drug-likeness (QED) is 0.826. The van der Waals surface area contributed by atoms with Crippen molar-refractivity contribution in [3.05, 3.63) is 80.9 Å². The molecule has 2 heterocycles. The molecule has 0 saturated heterocycles. The number of nitriles is 1. The summed E-state index contributed by atoms with van der Waals surface area (Å²) in [6.07, 6.45) is 0. The molecule has 2 aromatic carbocycles. The standard InChI is InChI=1S/C19H13ClN2O2S/c1-11-15(10-21)17(12-6-8-13(20)9-7-12)19-18(22-11)14-4-2-3-5-16(14)25(19,23)24/h2-9,17,22H,1H3/t17-/m0/s1. The molecule has 0 unspecified atom stereocenters. The predicted octanol–water partition coefficient (Wildman–Crippen LogP) is 3.98. The van der Waals surface area contributed by atoms with Crippen LogP contribution in [0.3, 0.4) is 0 Å². The van der Waals surface area contributed by atoms with Crippen molar-refractivity contribution < 1.29 is 8.42 Å². The maximum absolute atomic E-state index is 13.2. The Morgan fingerprint density at radius 2 is 1.80 bits per heavy atom. The third-order valence-electron chi connectivity index (χ3n) is 4.57. The lowest BCUT2D eigenvalue weighted by molar-refractivity contribution is 0.600. The fourth-order valence-corrected chi connectivity index (χ4v) is 5.52. The Balaban J connectivity index is 2.02. The molecule has 25 heavy (non-hydrogen) atoms. The zero-order valence-corrected chi connectivity index (χ0v) is 14.8. The predicted molar refractivity (Wildman–Crippen MR) is 96.2 cm³/mol. The number of nitrogens with one attached hydrogen (secondary N) is 1. The number of hydrogen-bond acceptors (Lipinski definition) is 4. The van der Waals surface area contributed by atoms with Crippen LogP contribution in [0.25, 0.3) is 5.70 Å². The number of halogens is 1. The molecular formula is C19H13ClN2O2S. The van der Waals surface area contributed by atoms with E-state index in [1.807, 2.05) is 6.07 Å². The molecule has 4 nitrogen and oxygen atoms in total. The van der Waals surface area contributed by atoms with E-state index in [-0.39, 0.29) is 9.80 Å². The van der Waals surface area contributed by atoms with Crippen LogP contribution in [0.5, 0.6) is 0 Å². The summed E-state index contributed by atoms with van der Waals surface area (Å²) in [4.78, 5) is 0.511. The number of allylic oxidation sites excluding steroid dienone is 3. The SMILES string of the molecule is CC1=C(C#N)[C@H](c2ccc(Cl)cc2)C2=C(N1)c1ccccc1S2(=O)=O. The van der Waals surface area contributed by atoms with Gasteiger partial charge in [-0.25, -0.2) is 8.42 Å². The van der Waals surface area contributed by atoms with E-state index < -0.39 is 15.8 Å². The molecule has 0 bridgehead atoms. The lowest BCUT2D eigenvalue weighted by atomic mass is 9.86. The molecule has 0 aromatic heterocycles. The van der Waals surface area contributed by atoms with Crippen molar-refractivity contribution in [2.24, 2.45) is 0 Å². The van der Waals surface area contributed by atoms with Gasteiger partial charge in [0.05, 0.1) is 33.1 Å². The van der Waals surface area contributed by atoms with E-state index in [0.29, 0.717) is 27.6 Å². The molecule has 0 spiro atoms. The van der Waals surface area contributed by atoms with Crippen LogP contribution in [-0.4, -0.2) is 8.42 Å². The molecule has 0 amide bonds. The minimum atomic E-state index is -3.68. The summed E-state index contributed by atoms with van der Waals surface area (Å²) in [6.45, 7) is 1.79. The van der Waals surface area contributed by atoms with Gasteiger partial charge in [-0.2, -0.15) is 5.26 Å². The van der Waals surface area contributed by atoms with E-state index >= 15 is 0 Å². The number of rotatable bonds is 1. The van der Waals surface area contributed by atoms with Gasteiger partial charge in [-0.05, 0) is 30.7 Å². The van der Waals surface area contributed by atoms with E-state index in [1.165, 1.54) is 0 Å². The van der Waals surface area contributed by atoms with Gasteiger partial charge < -0.3 is 5.32 Å². The third-order valence-corrected chi connectivity index (χ3v) is 6.78. The van der Waals surface area contributed by atoms with Crippen molar-refractivity contribution in [1.29, 1.82) is 5.26 Å². The number of benzene rings is 2. The molecule has 2 aliphatic rings. The second-order valence-corrected chi connectivity index (χ2v) is 8.32. The molecule has 6 heteroatoms. The van der Waals surface area contributed by atoms with Crippen LogP contribution in [0.4, 0.5) is 0 Å². The number of sulfone groups is 1. The van der Waals surface area contributed by atoms with E-state index in [0.717, 1.165) is 5.56 Å². The molecule has 1 N–H and O–H groups in total. The second kappa shape index (κ2) is 5.48. The van der Waals surface area contributed by atoms with E-state index in [4.69, 9.17) is 11.6 Å². The Hall–Kier alpha value is -2.55. The molecule has 0 saturated carbocycles. The Morgan fingerprint density at radius 1 is 1.12 bits per heavy atom. The van der Waals surface area contributed by atoms with Crippen molar-refractivity contribution in [2.75, 3.05) is 0 Å². The molecule has 124 valence electrons. The summed E-state index contributed by atoms with van der Waals surface area (Å²) in [5, 5.41) is 13.4. The summed E-state index contributed by atoms with van der Waals surface area (Å²) < 4.78 is 26.4. The summed E-state index contributed by atoms with van der Waals surface area (Å²) in [7, 11) is -3.68. The van der Waals surface area contributed by atoms with Crippen LogP contribution in [0.1, 0.15) is 24.0 Å². The highest BCUT2D eigenvalue weighted by Gasteiger charge is 2.44. The highest BCUT2D eigenvalue weighted by Crippen LogP contribution is 2.50. The van der Waals surface area contributed by atoms with Gasteiger partial charge in [-0.15, -0.1) is 0 Å². The average molecular weight is 369 g/mol. The first-order valence-corrected chi connectivity index (χ1v) is 9.53. The molecule has 2 aromatic rings. The molecule has 0 aliphatic carbocycles. The molecule has 0 fully saturated rings. The van der Waals surface area contributed by atoms with Gasteiger partial charge in [0.25, 0.3) is 0 Å². The molecule has 2 aliphatic heterocycles. The van der Waals surface area contributed by atoms with Gasteiger partial charge in [0.1, 0.15) is 0 Å². The van der Waals surface area contributed by atoms with E-state index in [9.17, 15) is 13.7 Å². The first kappa shape index (κ1) is 15.9. The minimum Gasteiger partial charge on any atom is -0.357 e. The maximum atomic E-state index is 13.2. The summed E-state index contributed by atoms with van der Waals surface area (Å²) in [5.41, 5.74) is 3.00. The molecular weight excluding hydrogens is 356 g/mol. The van der Waals surface area contributed by atoms with Gasteiger partial charge in [0, 0.05) is 16.3 Å². The van der Waals surface area contributed by atoms with Crippen LogP contribution in [0.2, 0.25) is 5.02 Å². The van der Waals surface area contributed by atoms with Crippen LogP contribution >= 0.6 is 11.6 Å². The summed E-state index contributed by atoms with van der Waals surface area (Å²) in [5.74, 6) is -0.643. The third kappa shape index (κ3) is 2.22. The van der Waals surface area contributed by atoms with Crippen molar-refractivity contribution >= 4 is 27.1 Å². The van der Waals surface area contributed by atoms with Gasteiger partial charge >= 0.3 is 0 Å². The van der Waals surface area contributed by atoms with Crippen molar-refractivity contribution in [3.8, 4) is 6.07 Å². The number of nitrogens with zero attached hydrogens (tertiary/aromatic N) is 1. The van der Waals surface area contributed by atoms with Crippen LogP contribution in [0.15, 0.2) is 69.6 Å². The molecule has 1 atom stereocenters. The largest absolute Gasteiger partial charge is 0.357 e. The summed E-state index contributed by atoms with van der Waals surface area (Å²) >= 11 is 5.97. The zero-order chi connectivity index (χ0) is 17.8. The van der Waals surface area contributed by atoms with Crippen LogP contribution in [-0.2, 0) is 9.84 Å². The van der Waals surface area contributed by atoms with Crippen molar-refractivity contribution in [2.45, 2.75) is 17.7 Å². The Labute approximate surface area is 151 Å². The summed E-state index contributed by atoms with van der Waals surface area (Å²) in [6, 6.07) is 16.0. The zero-order valence-electron chi connectivity index (χ0n) is 13.2. The number of fused-ring (bicyclic) bond motifs is 2. The number of hydrogen-bond donors (Lipinski definition) is 1. The lowest BCUT2D eigenvalue weighted by Gasteiger charge is -2.26. The fraction of sp³-hybridized carbons (Fsp3) is 0.105. The first-order valence-electron chi connectivity index (χ1n) is 7.67. The fourth-order valence-electron chi connectivity index (χ4n) is 3.45. The smallest absolute Gasteiger partial charge is 0.206 e. The highest BCUT2D eigenvalue weighted by atomic mass is 35.5. The molecule has 4 rings (SSSR count).